The number of rotatable bonds is 7. The number of nitrogens with one attached hydrogen (secondary N) is 2. The normalized spacial score (nSPS) is 9.95. The van der Waals surface area contributed by atoms with Crippen LogP contribution in [0.3, 0.4) is 0 Å². The molecule has 0 heterocycles. The van der Waals surface area contributed by atoms with Crippen LogP contribution in [-0.2, 0) is 10.5 Å². The number of carboxylic acids is 1. The van der Waals surface area contributed by atoms with E-state index in [4.69, 9.17) is 5.11 Å². The van der Waals surface area contributed by atoms with Gasteiger partial charge in [-0.15, -0.1) is 0 Å². The predicted molar refractivity (Wildman–Crippen MR) is 77.6 cm³/mol. The van der Waals surface area contributed by atoms with Gasteiger partial charge < -0.3 is 15.7 Å². The Labute approximate surface area is 116 Å². The summed E-state index contributed by atoms with van der Waals surface area (Å²) in [5.74, 6) is -0.0253. The van der Waals surface area contributed by atoms with E-state index in [-0.39, 0.29) is 12.5 Å². The van der Waals surface area contributed by atoms with Crippen LogP contribution in [0.2, 0.25) is 0 Å². The monoisotopic (exact) mass is 282 g/mol. The van der Waals surface area contributed by atoms with Gasteiger partial charge in [0.1, 0.15) is 0 Å². The summed E-state index contributed by atoms with van der Waals surface area (Å²) in [4.78, 5) is 22.0. The maximum atomic E-state index is 11.6. The summed E-state index contributed by atoms with van der Waals surface area (Å²) >= 11 is 1.68. The molecule has 0 aliphatic rings. The van der Waals surface area contributed by atoms with E-state index in [1.54, 1.807) is 11.8 Å². The van der Waals surface area contributed by atoms with Crippen molar-refractivity contribution in [2.75, 3.05) is 18.1 Å². The number of carbonyl (C=O) groups is 2. The minimum atomic E-state index is -0.854. The van der Waals surface area contributed by atoms with Crippen molar-refractivity contribution in [3.05, 3.63) is 29.8 Å². The first-order valence-electron chi connectivity index (χ1n) is 5.97. The molecule has 0 radical (unpaired) electrons. The molecule has 0 aromatic heterocycles. The smallest absolute Gasteiger partial charge is 0.319 e. The number of amides is 2. The molecule has 0 aliphatic carbocycles. The standard InChI is InChI=1S/C13H18N2O3S/c1-19-9-10-5-2-3-6-11(10)15-13(18)14-8-4-7-12(16)17/h2-3,5-6H,4,7-9H2,1H3,(H,16,17)(H2,14,15,18). The molecule has 0 saturated carbocycles. The van der Waals surface area contributed by atoms with E-state index >= 15 is 0 Å². The first-order chi connectivity index (χ1) is 9.13. The minimum absolute atomic E-state index is 0.0589. The second-order valence-electron chi connectivity index (χ2n) is 3.97. The third-order valence-electron chi connectivity index (χ3n) is 2.42. The zero-order valence-electron chi connectivity index (χ0n) is 10.8. The fourth-order valence-corrected chi connectivity index (χ4v) is 2.09. The van der Waals surface area contributed by atoms with Crippen LogP contribution in [-0.4, -0.2) is 29.9 Å². The van der Waals surface area contributed by atoms with Gasteiger partial charge in [0.25, 0.3) is 0 Å². The molecule has 0 saturated heterocycles. The van der Waals surface area contributed by atoms with Gasteiger partial charge in [-0.05, 0) is 24.3 Å². The van der Waals surface area contributed by atoms with Crippen molar-refractivity contribution in [3.63, 3.8) is 0 Å². The lowest BCUT2D eigenvalue weighted by Gasteiger charge is -2.11. The molecule has 1 aromatic carbocycles. The summed E-state index contributed by atoms with van der Waals surface area (Å²) in [5, 5.41) is 13.9. The number of hydrogen-bond acceptors (Lipinski definition) is 3. The molecule has 0 atom stereocenters. The van der Waals surface area contributed by atoms with Crippen molar-refractivity contribution in [3.8, 4) is 0 Å². The summed E-state index contributed by atoms with van der Waals surface area (Å²) < 4.78 is 0. The predicted octanol–water partition coefficient (Wildman–Crippen LogP) is 2.54. The van der Waals surface area contributed by atoms with Crippen LogP contribution in [0.1, 0.15) is 18.4 Å². The highest BCUT2D eigenvalue weighted by atomic mass is 32.2. The van der Waals surface area contributed by atoms with Crippen LogP contribution in [0.15, 0.2) is 24.3 Å². The lowest BCUT2D eigenvalue weighted by atomic mass is 10.2. The fourth-order valence-electron chi connectivity index (χ4n) is 1.53. The van der Waals surface area contributed by atoms with Crippen molar-refractivity contribution < 1.29 is 14.7 Å². The largest absolute Gasteiger partial charge is 0.481 e. The number of anilines is 1. The Morgan fingerprint density at radius 1 is 1.32 bits per heavy atom. The molecular formula is C13H18N2O3S. The van der Waals surface area contributed by atoms with E-state index in [1.165, 1.54) is 0 Å². The summed E-state index contributed by atoms with van der Waals surface area (Å²) in [7, 11) is 0. The Bertz CT molecular complexity index is 438. The molecule has 1 aromatic rings. The van der Waals surface area contributed by atoms with Crippen LogP contribution in [0, 0.1) is 0 Å². The summed E-state index contributed by atoms with van der Waals surface area (Å²) in [6, 6.07) is 7.31. The van der Waals surface area contributed by atoms with Crippen molar-refractivity contribution in [2.24, 2.45) is 0 Å². The molecule has 5 nitrogen and oxygen atoms in total. The molecule has 19 heavy (non-hydrogen) atoms. The number of carboxylic acid groups (broad SMARTS) is 1. The quantitative estimate of drug-likeness (QED) is 0.671. The van der Waals surface area contributed by atoms with Gasteiger partial charge in [-0.2, -0.15) is 11.8 Å². The van der Waals surface area contributed by atoms with Gasteiger partial charge in [-0.1, -0.05) is 18.2 Å². The molecule has 0 fully saturated rings. The number of aliphatic carboxylic acids is 1. The molecule has 3 N–H and O–H groups in total. The van der Waals surface area contributed by atoms with Gasteiger partial charge in [0.05, 0.1) is 0 Å². The molecule has 0 aliphatic heterocycles. The number of para-hydroxylation sites is 1. The number of benzene rings is 1. The van der Waals surface area contributed by atoms with Crippen molar-refractivity contribution in [2.45, 2.75) is 18.6 Å². The second kappa shape index (κ2) is 8.42. The number of carbonyl (C=O) groups excluding carboxylic acids is 1. The second-order valence-corrected chi connectivity index (χ2v) is 4.83. The van der Waals surface area contributed by atoms with Crippen LogP contribution >= 0.6 is 11.8 Å². The fraction of sp³-hybridized carbons (Fsp3) is 0.385. The van der Waals surface area contributed by atoms with E-state index in [0.29, 0.717) is 13.0 Å². The van der Waals surface area contributed by atoms with E-state index in [0.717, 1.165) is 17.0 Å². The van der Waals surface area contributed by atoms with Gasteiger partial charge in [0, 0.05) is 24.4 Å². The highest BCUT2D eigenvalue weighted by molar-refractivity contribution is 7.97. The average molecular weight is 282 g/mol. The van der Waals surface area contributed by atoms with Crippen LogP contribution in [0.5, 0.6) is 0 Å². The molecular weight excluding hydrogens is 264 g/mol. The lowest BCUT2D eigenvalue weighted by molar-refractivity contribution is -0.137. The van der Waals surface area contributed by atoms with Crippen LogP contribution in [0.4, 0.5) is 10.5 Å². The minimum Gasteiger partial charge on any atom is -0.481 e. The maximum absolute atomic E-state index is 11.6. The summed E-state index contributed by atoms with van der Waals surface area (Å²) in [6.45, 7) is 0.350. The molecule has 6 heteroatoms. The topological polar surface area (TPSA) is 78.4 Å². The summed E-state index contributed by atoms with van der Waals surface area (Å²) in [6.07, 6.45) is 2.49. The highest BCUT2D eigenvalue weighted by Crippen LogP contribution is 2.19. The molecule has 0 unspecified atom stereocenters. The van der Waals surface area contributed by atoms with Crippen LogP contribution < -0.4 is 10.6 Å². The SMILES string of the molecule is CSCc1ccccc1NC(=O)NCCCC(=O)O. The Balaban J connectivity index is 2.41. The Morgan fingerprint density at radius 3 is 2.74 bits per heavy atom. The number of urea groups is 1. The van der Waals surface area contributed by atoms with E-state index < -0.39 is 5.97 Å². The summed E-state index contributed by atoms with van der Waals surface area (Å²) in [5.41, 5.74) is 1.85. The third kappa shape index (κ3) is 6.15. The first-order valence-corrected chi connectivity index (χ1v) is 7.36. The Kier molecular flexibility index (Phi) is 6.81. The first kappa shape index (κ1) is 15.4. The number of hydrogen-bond donors (Lipinski definition) is 3. The highest BCUT2D eigenvalue weighted by Gasteiger charge is 2.05. The van der Waals surface area contributed by atoms with Crippen LogP contribution in [0.25, 0.3) is 0 Å². The van der Waals surface area contributed by atoms with Crippen molar-refractivity contribution >= 4 is 29.4 Å². The van der Waals surface area contributed by atoms with Crippen molar-refractivity contribution in [1.29, 1.82) is 0 Å². The Hall–Kier alpha value is -1.69. The average Bonchev–Trinajstić information content (AvgIpc) is 2.37. The molecule has 0 spiro atoms. The zero-order valence-corrected chi connectivity index (χ0v) is 11.6. The number of thioether (sulfide) groups is 1. The van der Waals surface area contributed by atoms with E-state index in [1.807, 2.05) is 30.5 Å². The van der Waals surface area contributed by atoms with Gasteiger partial charge in [0.15, 0.2) is 0 Å². The molecule has 104 valence electrons. The van der Waals surface area contributed by atoms with Gasteiger partial charge in [-0.25, -0.2) is 4.79 Å². The van der Waals surface area contributed by atoms with Gasteiger partial charge >= 0.3 is 12.0 Å². The zero-order chi connectivity index (χ0) is 14.1. The van der Waals surface area contributed by atoms with E-state index in [2.05, 4.69) is 10.6 Å². The molecule has 0 bridgehead atoms. The Morgan fingerprint density at radius 2 is 2.05 bits per heavy atom. The lowest BCUT2D eigenvalue weighted by Crippen LogP contribution is -2.30. The van der Waals surface area contributed by atoms with Gasteiger partial charge in [0.2, 0.25) is 0 Å². The molecule has 1 rings (SSSR count). The van der Waals surface area contributed by atoms with Gasteiger partial charge in [-0.3, -0.25) is 4.79 Å². The maximum Gasteiger partial charge on any atom is 0.319 e. The van der Waals surface area contributed by atoms with E-state index in [9.17, 15) is 9.59 Å². The third-order valence-corrected chi connectivity index (χ3v) is 3.02. The van der Waals surface area contributed by atoms with Crippen molar-refractivity contribution in [1.82, 2.24) is 5.32 Å². The molecule has 2 amide bonds.